The predicted octanol–water partition coefficient (Wildman–Crippen LogP) is 3.01. The van der Waals surface area contributed by atoms with Crippen LogP contribution < -0.4 is 10.6 Å². The highest BCUT2D eigenvalue weighted by molar-refractivity contribution is 7.10. The van der Waals surface area contributed by atoms with Gasteiger partial charge in [-0.05, 0) is 38.1 Å². The van der Waals surface area contributed by atoms with E-state index in [1.165, 1.54) is 0 Å². The summed E-state index contributed by atoms with van der Waals surface area (Å²) in [5.74, 6) is 0.245. The molecular formula is C16H24N2O2S. The minimum absolute atomic E-state index is 0.0184. The van der Waals surface area contributed by atoms with E-state index in [1.807, 2.05) is 31.4 Å². The summed E-state index contributed by atoms with van der Waals surface area (Å²) in [6, 6.07) is 3.90. The van der Waals surface area contributed by atoms with Gasteiger partial charge in [0.2, 0.25) is 11.8 Å². The molecule has 0 aliphatic heterocycles. The van der Waals surface area contributed by atoms with Crippen LogP contribution in [0.15, 0.2) is 17.5 Å². The molecule has 0 unspecified atom stereocenters. The van der Waals surface area contributed by atoms with Gasteiger partial charge in [-0.2, -0.15) is 0 Å². The van der Waals surface area contributed by atoms with Gasteiger partial charge in [-0.15, -0.1) is 11.3 Å². The SMILES string of the molecule is C[C@H](CC(=O)N[C@@H](C)c1cccs1)NC(=O)C1CCCC1. The van der Waals surface area contributed by atoms with E-state index in [0.29, 0.717) is 6.42 Å². The Kier molecular flexibility index (Phi) is 5.79. The number of carbonyl (C=O) groups excluding carboxylic acids is 2. The zero-order valence-corrected chi connectivity index (χ0v) is 13.5. The van der Waals surface area contributed by atoms with Gasteiger partial charge >= 0.3 is 0 Å². The van der Waals surface area contributed by atoms with Crippen molar-refractivity contribution in [2.45, 2.75) is 58.0 Å². The zero-order valence-electron chi connectivity index (χ0n) is 12.7. The summed E-state index contributed by atoms with van der Waals surface area (Å²) in [7, 11) is 0. The molecule has 1 aromatic rings. The van der Waals surface area contributed by atoms with Crippen molar-refractivity contribution in [1.29, 1.82) is 0 Å². The Morgan fingerprint density at radius 1 is 1.29 bits per heavy atom. The van der Waals surface area contributed by atoms with E-state index in [4.69, 9.17) is 0 Å². The molecule has 1 heterocycles. The van der Waals surface area contributed by atoms with Crippen LogP contribution in [0.25, 0.3) is 0 Å². The first-order chi connectivity index (χ1) is 10.1. The van der Waals surface area contributed by atoms with Crippen molar-refractivity contribution >= 4 is 23.2 Å². The Hall–Kier alpha value is -1.36. The molecule has 0 aromatic carbocycles. The first-order valence-electron chi connectivity index (χ1n) is 7.69. The highest BCUT2D eigenvalue weighted by Crippen LogP contribution is 2.24. The van der Waals surface area contributed by atoms with E-state index in [9.17, 15) is 9.59 Å². The molecule has 0 spiro atoms. The fourth-order valence-corrected chi connectivity index (χ4v) is 3.52. The third-order valence-corrected chi connectivity index (χ3v) is 5.01. The standard InChI is InChI=1S/C16H24N2O2S/c1-11(17-16(20)13-6-3-4-7-13)10-15(19)18-12(2)14-8-5-9-21-14/h5,8-9,11-13H,3-4,6-7,10H2,1-2H3,(H,17,20)(H,18,19)/t11-,12+/m1/s1. The van der Waals surface area contributed by atoms with Crippen LogP contribution >= 0.6 is 11.3 Å². The molecule has 4 nitrogen and oxygen atoms in total. The lowest BCUT2D eigenvalue weighted by atomic mass is 10.1. The number of nitrogens with one attached hydrogen (secondary N) is 2. The molecule has 5 heteroatoms. The molecule has 0 radical (unpaired) electrons. The number of rotatable bonds is 6. The van der Waals surface area contributed by atoms with E-state index in [1.54, 1.807) is 11.3 Å². The number of amides is 2. The third-order valence-electron chi connectivity index (χ3n) is 3.95. The number of hydrogen-bond acceptors (Lipinski definition) is 3. The van der Waals surface area contributed by atoms with Crippen LogP contribution in [0.1, 0.15) is 56.9 Å². The summed E-state index contributed by atoms with van der Waals surface area (Å²) in [6.07, 6.45) is 4.59. The molecule has 2 N–H and O–H groups in total. The molecule has 1 fully saturated rings. The van der Waals surface area contributed by atoms with E-state index < -0.39 is 0 Å². The maximum absolute atomic E-state index is 12.0. The molecule has 0 bridgehead atoms. The van der Waals surface area contributed by atoms with Gasteiger partial charge in [0.1, 0.15) is 0 Å². The number of carbonyl (C=O) groups is 2. The van der Waals surface area contributed by atoms with Crippen molar-refractivity contribution in [3.8, 4) is 0 Å². The van der Waals surface area contributed by atoms with Crippen LogP contribution in [-0.4, -0.2) is 17.9 Å². The van der Waals surface area contributed by atoms with E-state index >= 15 is 0 Å². The Morgan fingerprint density at radius 2 is 2.00 bits per heavy atom. The normalized spacial score (nSPS) is 18.2. The van der Waals surface area contributed by atoms with Gasteiger partial charge in [-0.3, -0.25) is 9.59 Å². The van der Waals surface area contributed by atoms with Crippen molar-refractivity contribution in [3.63, 3.8) is 0 Å². The first kappa shape index (κ1) is 16.0. The van der Waals surface area contributed by atoms with Crippen molar-refractivity contribution in [1.82, 2.24) is 10.6 Å². The van der Waals surface area contributed by atoms with Gasteiger partial charge in [0, 0.05) is 23.3 Å². The molecule has 21 heavy (non-hydrogen) atoms. The maximum atomic E-state index is 12.0. The summed E-state index contributed by atoms with van der Waals surface area (Å²) >= 11 is 1.63. The topological polar surface area (TPSA) is 58.2 Å². The Labute approximate surface area is 130 Å². The van der Waals surface area contributed by atoms with Gasteiger partial charge in [0.15, 0.2) is 0 Å². The quantitative estimate of drug-likeness (QED) is 0.848. The minimum atomic E-state index is -0.117. The summed E-state index contributed by atoms with van der Waals surface area (Å²) in [4.78, 5) is 25.2. The largest absolute Gasteiger partial charge is 0.353 e. The molecule has 2 rings (SSSR count). The lowest BCUT2D eigenvalue weighted by molar-refractivity contribution is -0.126. The third kappa shape index (κ3) is 4.84. The predicted molar refractivity (Wildman–Crippen MR) is 85.1 cm³/mol. The second kappa shape index (κ2) is 7.59. The number of hydrogen-bond donors (Lipinski definition) is 2. The molecular weight excluding hydrogens is 284 g/mol. The van der Waals surface area contributed by atoms with Crippen molar-refractivity contribution in [2.24, 2.45) is 5.92 Å². The van der Waals surface area contributed by atoms with E-state index in [2.05, 4.69) is 10.6 Å². The molecule has 2 amide bonds. The Bertz CT molecular complexity index is 467. The minimum Gasteiger partial charge on any atom is -0.353 e. The monoisotopic (exact) mass is 308 g/mol. The highest BCUT2D eigenvalue weighted by Gasteiger charge is 2.24. The van der Waals surface area contributed by atoms with Gasteiger partial charge in [-0.1, -0.05) is 18.9 Å². The zero-order chi connectivity index (χ0) is 15.2. The smallest absolute Gasteiger partial charge is 0.223 e. The highest BCUT2D eigenvalue weighted by atomic mass is 32.1. The van der Waals surface area contributed by atoms with Crippen molar-refractivity contribution in [3.05, 3.63) is 22.4 Å². The molecule has 0 saturated heterocycles. The van der Waals surface area contributed by atoms with Gasteiger partial charge < -0.3 is 10.6 Å². The number of thiophene rings is 1. The Balaban J connectivity index is 1.72. The summed E-state index contributed by atoms with van der Waals surface area (Å²) in [5, 5.41) is 7.94. The van der Waals surface area contributed by atoms with Gasteiger partial charge in [-0.25, -0.2) is 0 Å². The van der Waals surface area contributed by atoms with Crippen LogP contribution in [0, 0.1) is 5.92 Å². The lowest BCUT2D eigenvalue weighted by Gasteiger charge is -2.18. The van der Waals surface area contributed by atoms with Crippen LogP contribution in [0.2, 0.25) is 0 Å². The summed E-state index contributed by atoms with van der Waals surface area (Å²) < 4.78 is 0. The molecule has 1 aliphatic rings. The second-order valence-corrected chi connectivity index (χ2v) is 6.88. The van der Waals surface area contributed by atoms with E-state index in [-0.39, 0.29) is 29.8 Å². The molecule has 1 aromatic heterocycles. The fraction of sp³-hybridized carbons (Fsp3) is 0.625. The first-order valence-corrected chi connectivity index (χ1v) is 8.57. The molecule has 2 atom stereocenters. The average Bonchev–Trinajstić information content (AvgIpc) is 3.12. The van der Waals surface area contributed by atoms with E-state index in [0.717, 1.165) is 30.6 Å². The van der Waals surface area contributed by atoms with Crippen molar-refractivity contribution in [2.75, 3.05) is 0 Å². The summed E-state index contributed by atoms with van der Waals surface area (Å²) in [6.45, 7) is 3.87. The molecule has 1 saturated carbocycles. The second-order valence-electron chi connectivity index (χ2n) is 5.90. The molecule has 1 aliphatic carbocycles. The fourth-order valence-electron chi connectivity index (χ4n) is 2.79. The molecule has 116 valence electrons. The maximum Gasteiger partial charge on any atom is 0.223 e. The van der Waals surface area contributed by atoms with Crippen LogP contribution in [0.5, 0.6) is 0 Å². The van der Waals surface area contributed by atoms with Crippen LogP contribution in [0.3, 0.4) is 0 Å². The summed E-state index contributed by atoms with van der Waals surface area (Å²) in [5.41, 5.74) is 0. The van der Waals surface area contributed by atoms with Crippen LogP contribution in [0.4, 0.5) is 0 Å². The van der Waals surface area contributed by atoms with Crippen LogP contribution in [-0.2, 0) is 9.59 Å². The van der Waals surface area contributed by atoms with Crippen molar-refractivity contribution < 1.29 is 9.59 Å². The van der Waals surface area contributed by atoms with Gasteiger partial charge in [0.25, 0.3) is 0 Å². The average molecular weight is 308 g/mol. The lowest BCUT2D eigenvalue weighted by Crippen LogP contribution is -2.40. The Morgan fingerprint density at radius 3 is 2.62 bits per heavy atom. The van der Waals surface area contributed by atoms with Gasteiger partial charge in [0.05, 0.1) is 6.04 Å².